The molecule has 0 N–H and O–H groups in total. The van der Waals surface area contributed by atoms with E-state index in [0.717, 1.165) is 60.2 Å². The third kappa shape index (κ3) is 7.38. The molecule has 2 aliphatic heterocycles. The largest absolute Gasteiger partial charge is 0.481 e. The molecule has 3 aromatic carbocycles. The number of carbonyl (C=O) groups excluding carboxylic acids is 1. The second-order valence-corrected chi connectivity index (χ2v) is 13.8. The molecular formula is C33H39ClNO6P. The molecule has 7 nitrogen and oxygen atoms in total. The number of halogens is 1. The van der Waals surface area contributed by atoms with Crippen molar-refractivity contribution >= 4 is 25.3 Å². The van der Waals surface area contributed by atoms with E-state index in [0.29, 0.717) is 29.5 Å². The maximum atomic E-state index is 13.4. The highest BCUT2D eigenvalue weighted by molar-refractivity contribution is 7.53. The Morgan fingerprint density at radius 2 is 1.81 bits per heavy atom. The Morgan fingerprint density at radius 1 is 1.07 bits per heavy atom. The van der Waals surface area contributed by atoms with Crippen molar-refractivity contribution in [3.05, 3.63) is 93.0 Å². The van der Waals surface area contributed by atoms with Crippen molar-refractivity contribution in [1.29, 1.82) is 0 Å². The number of ether oxygens (including phenoxy) is 2. The Bertz CT molecular complexity index is 1460. The quantitative estimate of drug-likeness (QED) is 0.237. The van der Waals surface area contributed by atoms with Crippen LogP contribution in [0.3, 0.4) is 0 Å². The summed E-state index contributed by atoms with van der Waals surface area (Å²) in [4.78, 5) is 14.4. The van der Waals surface area contributed by atoms with E-state index < -0.39 is 7.60 Å². The molecule has 2 atom stereocenters. The lowest BCUT2D eigenvalue weighted by Crippen LogP contribution is -2.30. The monoisotopic (exact) mass is 611 g/mol. The van der Waals surface area contributed by atoms with Crippen LogP contribution in [0.2, 0.25) is 5.02 Å². The topological polar surface area (TPSA) is 74.3 Å². The fraction of sp³-hybridized carbons (Fsp3) is 0.424. The Kier molecular flexibility index (Phi) is 9.64. The van der Waals surface area contributed by atoms with Crippen molar-refractivity contribution < 1.29 is 27.9 Å². The lowest BCUT2D eigenvalue weighted by atomic mass is 9.93. The summed E-state index contributed by atoms with van der Waals surface area (Å²) >= 11 is 6.14. The SMILES string of the molecule is Cc1cc(OC[P@@]2(=O)OCC[C@@H](c3cccc(Cl)c3)O2)cc(C)c1Cc1ccc(OC(=O)N2CCCC2)c(C(C)C)c1. The van der Waals surface area contributed by atoms with Gasteiger partial charge in [0.15, 0.2) is 6.35 Å². The van der Waals surface area contributed by atoms with E-state index in [9.17, 15) is 9.36 Å². The van der Waals surface area contributed by atoms with Crippen LogP contribution in [-0.2, 0) is 20.0 Å². The molecule has 5 rings (SSSR count). The molecule has 2 heterocycles. The van der Waals surface area contributed by atoms with Crippen LogP contribution < -0.4 is 9.47 Å². The average Bonchev–Trinajstić information content (AvgIpc) is 3.50. The van der Waals surface area contributed by atoms with Gasteiger partial charge in [0, 0.05) is 24.5 Å². The number of hydrogen-bond acceptors (Lipinski definition) is 6. The van der Waals surface area contributed by atoms with Crippen LogP contribution in [0.5, 0.6) is 11.5 Å². The van der Waals surface area contributed by atoms with Gasteiger partial charge in [0.2, 0.25) is 0 Å². The van der Waals surface area contributed by atoms with Crippen molar-refractivity contribution in [2.24, 2.45) is 0 Å². The van der Waals surface area contributed by atoms with Crippen LogP contribution >= 0.6 is 19.2 Å². The highest BCUT2D eigenvalue weighted by Gasteiger charge is 2.35. The van der Waals surface area contributed by atoms with Crippen LogP contribution in [0, 0.1) is 13.8 Å². The maximum Gasteiger partial charge on any atom is 0.415 e. The zero-order chi connectivity index (χ0) is 29.9. The number of likely N-dealkylation sites (tertiary alicyclic amines) is 1. The summed E-state index contributed by atoms with van der Waals surface area (Å²) in [6.45, 7) is 10.2. The molecule has 2 fully saturated rings. The number of benzene rings is 3. The van der Waals surface area contributed by atoms with Crippen LogP contribution in [0.25, 0.3) is 0 Å². The van der Waals surface area contributed by atoms with Gasteiger partial charge in [0.05, 0.1) is 12.7 Å². The first-order chi connectivity index (χ1) is 20.1. The van der Waals surface area contributed by atoms with Crippen molar-refractivity contribution in [2.45, 2.75) is 65.4 Å². The Hall–Kier alpha value is -2.83. The minimum atomic E-state index is -3.45. The molecule has 42 heavy (non-hydrogen) atoms. The summed E-state index contributed by atoms with van der Waals surface area (Å²) in [6.07, 6.45) is 2.58. The lowest BCUT2D eigenvalue weighted by Gasteiger charge is -2.30. The summed E-state index contributed by atoms with van der Waals surface area (Å²) in [6, 6.07) is 17.4. The highest BCUT2D eigenvalue weighted by atomic mass is 35.5. The zero-order valence-corrected chi connectivity index (χ0v) is 26.4. The summed E-state index contributed by atoms with van der Waals surface area (Å²) in [5, 5.41) is 0.608. The fourth-order valence-corrected chi connectivity index (χ4v) is 7.26. The van der Waals surface area contributed by atoms with Crippen molar-refractivity contribution in [1.82, 2.24) is 4.90 Å². The van der Waals surface area contributed by atoms with E-state index >= 15 is 0 Å². The van der Waals surface area contributed by atoms with Gasteiger partial charge < -0.3 is 18.9 Å². The highest BCUT2D eigenvalue weighted by Crippen LogP contribution is 2.56. The molecule has 0 aliphatic carbocycles. The maximum absolute atomic E-state index is 13.4. The van der Waals surface area contributed by atoms with Crippen molar-refractivity contribution in [3.8, 4) is 11.5 Å². The predicted octanol–water partition coefficient (Wildman–Crippen LogP) is 8.97. The van der Waals surface area contributed by atoms with Crippen LogP contribution in [0.4, 0.5) is 4.79 Å². The molecule has 9 heteroatoms. The predicted molar refractivity (Wildman–Crippen MR) is 165 cm³/mol. The number of nitrogens with zero attached hydrogens (tertiary/aromatic N) is 1. The van der Waals surface area contributed by atoms with Crippen molar-refractivity contribution in [2.75, 3.05) is 26.0 Å². The fourth-order valence-electron chi connectivity index (χ4n) is 5.56. The van der Waals surface area contributed by atoms with Gasteiger partial charge >= 0.3 is 13.7 Å². The average molecular weight is 612 g/mol. The van der Waals surface area contributed by atoms with Gasteiger partial charge in [-0.05, 0) is 103 Å². The Morgan fingerprint density at radius 3 is 2.50 bits per heavy atom. The third-order valence-corrected chi connectivity index (χ3v) is 9.71. The second kappa shape index (κ2) is 13.2. The first-order valence-corrected chi connectivity index (χ1v) is 16.7. The molecule has 0 spiro atoms. The zero-order valence-electron chi connectivity index (χ0n) is 24.7. The minimum absolute atomic E-state index is 0.169. The molecule has 3 aromatic rings. The summed E-state index contributed by atoms with van der Waals surface area (Å²) in [5.74, 6) is 1.45. The van der Waals surface area contributed by atoms with Gasteiger partial charge in [0.25, 0.3) is 0 Å². The van der Waals surface area contributed by atoms with E-state index in [-0.39, 0.29) is 24.5 Å². The third-order valence-electron chi connectivity index (χ3n) is 7.87. The Labute approximate surface area is 253 Å². The van der Waals surface area contributed by atoms with Crippen LogP contribution in [-0.4, -0.2) is 37.0 Å². The first kappa shape index (κ1) is 30.6. The standard InChI is InChI=1S/C33H39ClNO6P/c1-22(2)29-18-25(10-11-32(29)40-33(36)35-13-5-6-14-35)19-30-23(3)16-28(17-24(30)4)38-21-42(37)39-15-12-31(41-42)26-8-7-9-27(34)20-26/h7-11,16-18,20,22,31H,5-6,12-15,19,21H2,1-4H3/t31-,42+/m0/s1. The van der Waals surface area contributed by atoms with Gasteiger partial charge in [-0.2, -0.15) is 0 Å². The molecule has 224 valence electrons. The number of aryl methyl sites for hydroxylation is 2. The molecule has 0 radical (unpaired) electrons. The summed E-state index contributed by atoms with van der Waals surface area (Å²) < 4.78 is 36.6. The number of hydrogen-bond donors (Lipinski definition) is 0. The van der Waals surface area contributed by atoms with E-state index in [4.69, 9.17) is 30.1 Å². The smallest absolute Gasteiger partial charge is 0.415 e. The molecule has 0 aromatic heterocycles. The van der Waals surface area contributed by atoms with E-state index in [2.05, 4.69) is 33.8 Å². The first-order valence-electron chi connectivity index (χ1n) is 14.6. The van der Waals surface area contributed by atoms with Gasteiger partial charge in [-0.15, -0.1) is 0 Å². The van der Waals surface area contributed by atoms with Crippen LogP contribution in [0.1, 0.15) is 78.5 Å². The number of carbonyl (C=O) groups is 1. The van der Waals surface area contributed by atoms with Gasteiger partial charge in [-0.25, -0.2) is 4.79 Å². The molecule has 0 unspecified atom stereocenters. The van der Waals surface area contributed by atoms with Gasteiger partial charge in [-0.1, -0.05) is 49.7 Å². The Balaban J connectivity index is 1.25. The molecular weight excluding hydrogens is 573 g/mol. The molecule has 1 amide bonds. The van der Waals surface area contributed by atoms with E-state index in [1.807, 2.05) is 42.5 Å². The molecule has 2 aliphatic rings. The normalized spacial score (nSPS) is 20.6. The lowest BCUT2D eigenvalue weighted by molar-refractivity contribution is 0.0725. The molecule has 2 saturated heterocycles. The molecule has 0 saturated carbocycles. The van der Waals surface area contributed by atoms with Crippen LogP contribution in [0.15, 0.2) is 54.6 Å². The second-order valence-electron chi connectivity index (χ2n) is 11.5. The van der Waals surface area contributed by atoms with Gasteiger partial charge in [0.1, 0.15) is 11.5 Å². The van der Waals surface area contributed by atoms with Gasteiger partial charge in [-0.3, -0.25) is 9.09 Å². The number of rotatable bonds is 8. The van der Waals surface area contributed by atoms with E-state index in [1.165, 1.54) is 5.56 Å². The summed E-state index contributed by atoms with van der Waals surface area (Å²) in [7, 11) is -3.45. The van der Waals surface area contributed by atoms with E-state index in [1.54, 1.807) is 11.0 Å². The minimum Gasteiger partial charge on any atom is -0.481 e. The number of amides is 1. The molecule has 0 bridgehead atoms. The van der Waals surface area contributed by atoms with Crippen molar-refractivity contribution in [3.63, 3.8) is 0 Å². The summed E-state index contributed by atoms with van der Waals surface area (Å²) in [5.41, 5.74) is 6.36.